The number of aliphatic carboxylic acids is 1. The molecular formula is C24H25NO7S. The van der Waals surface area contributed by atoms with Gasteiger partial charge in [0.05, 0.1) is 19.6 Å². The molecule has 2 atom stereocenters. The Morgan fingerprint density at radius 2 is 1.82 bits per heavy atom. The van der Waals surface area contributed by atoms with Gasteiger partial charge in [0.1, 0.15) is 28.8 Å². The Bertz CT molecular complexity index is 1260. The first-order valence-electron chi connectivity index (χ1n) is 10.3. The predicted octanol–water partition coefficient (Wildman–Crippen LogP) is 3.70. The van der Waals surface area contributed by atoms with Gasteiger partial charge in [-0.15, -0.1) is 0 Å². The van der Waals surface area contributed by atoms with Gasteiger partial charge in [-0.25, -0.2) is 13.1 Å². The molecule has 33 heavy (non-hydrogen) atoms. The van der Waals surface area contributed by atoms with Gasteiger partial charge in [0.15, 0.2) is 0 Å². The number of carboxylic acids is 1. The van der Waals surface area contributed by atoms with Crippen molar-refractivity contribution in [3.63, 3.8) is 0 Å². The zero-order valence-corrected chi connectivity index (χ0v) is 19.0. The zero-order valence-electron chi connectivity index (χ0n) is 18.2. The van der Waals surface area contributed by atoms with Crippen molar-refractivity contribution < 1.29 is 32.6 Å². The molecule has 0 heterocycles. The number of fused-ring (bicyclic) bond motifs is 1. The standard InChI is InChI=1S/C24H25NO7S/c1-3-21(18-9-8-16-6-4-5-7-17(16)12-18)32-22-14-20(31-2)10-11-23(22)33(29,30)25-19(15-26)13-24(27)28/h4-12,14-15,19,21,25H,3,13H2,1-2H3,(H,27,28). The number of carbonyl (C=O) groups is 2. The van der Waals surface area contributed by atoms with Crippen LogP contribution in [0.25, 0.3) is 10.8 Å². The second kappa shape index (κ2) is 10.5. The lowest BCUT2D eigenvalue weighted by atomic mass is 10.0. The summed E-state index contributed by atoms with van der Waals surface area (Å²) in [5, 5.41) is 11.0. The molecule has 8 nitrogen and oxygen atoms in total. The molecule has 3 aromatic carbocycles. The molecule has 0 radical (unpaired) electrons. The number of hydrogen-bond donors (Lipinski definition) is 2. The third kappa shape index (κ3) is 5.88. The molecule has 0 aliphatic rings. The van der Waals surface area contributed by atoms with E-state index >= 15 is 0 Å². The summed E-state index contributed by atoms with van der Waals surface area (Å²) in [6, 6.07) is 16.6. The van der Waals surface area contributed by atoms with Crippen molar-refractivity contribution in [3.8, 4) is 11.5 Å². The maximum atomic E-state index is 13.0. The summed E-state index contributed by atoms with van der Waals surface area (Å²) < 4.78 is 39.5. The molecule has 2 N–H and O–H groups in total. The van der Waals surface area contributed by atoms with Crippen LogP contribution in [0.3, 0.4) is 0 Å². The van der Waals surface area contributed by atoms with Gasteiger partial charge in [0.25, 0.3) is 0 Å². The van der Waals surface area contributed by atoms with E-state index < -0.39 is 34.6 Å². The Kier molecular flexibility index (Phi) is 7.67. The van der Waals surface area contributed by atoms with Crippen molar-refractivity contribution in [3.05, 3.63) is 66.2 Å². The van der Waals surface area contributed by atoms with Crippen LogP contribution in [0.2, 0.25) is 0 Å². The quantitative estimate of drug-likeness (QED) is 0.409. The SMILES string of the molecule is CCC(Oc1cc(OC)ccc1S(=O)(=O)NC(C=O)CC(=O)O)c1ccc2ccccc2c1. The fourth-order valence-electron chi connectivity index (χ4n) is 3.45. The van der Waals surface area contributed by atoms with E-state index in [9.17, 15) is 18.0 Å². The number of hydrogen-bond acceptors (Lipinski definition) is 6. The predicted molar refractivity (Wildman–Crippen MR) is 123 cm³/mol. The zero-order chi connectivity index (χ0) is 24.0. The molecule has 3 aromatic rings. The molecule has 0 saturated heterocycles. The number of sulfonamides is 1. The minimum atomic E-state index is -4.27. The number of aldehydes is 1. The van der Waals surface area contributed by atoms with Crippen LogP contribution in [0, 0.1) is 0 Å². The van der Waals surface area contributed by atoms with E-state index in [0.29, 0.717) is 12.2 Å². The highest BCUT2D eigenvalue weighted by atomic mass is 32.2. The van der Waals surface area contributed by atoms with E-state index in [1.807, 2.05) is 49.4 Å². The topological polar surface area (TPSA) is 119 Å². The monoisotopic (exact) mass is 471 g/mol. The molecule has 0 aliphatic heterocycles. The lowest BCUT2D eigenvalue weighted by Crippen LogP contribution is -2.37. The second-order valence-corrected chi connectivity index (χ2v) is 9.08. The molecule has 2 unspecified atom stereocenters. The van der Waals surface area contributed by atoms with Gasteiger partial charge < -0.3 is 19.4 Å². The van der Waals surface area contributed by atoms with Crippen LogP contribution in [0.5, 0.6) is 11.5 Å². The number of carbonyl (C=O) groups excluding carboxylic acids is 1. The minimum Gasteiger partial charge on any atom is -0.497 e. The van der Waals surface area contributed by atoms with Gasteiger partial charge in [-0.05, 0) is 41.0 Å². The summed E-state index contributed by atoms with van der Waals surface area (Å²) in [5.74, 6) is -0.889. The number of benzene rings is 3. The van der Waals surface area contributed by atoms with E-state index in [-0.39, 0.29) is 16.9 Å². The molecule has 0 bridgehead atoms. The summed E-state index contributed by atoms with van der Waals surface area (Å²) in [6.07, 6.45) is -0.335. The fraction of sp³-hybridized carbons (Fsp3) is 0.250. The van der Waals surface area contributed by atoms with Gasteiger partial charge in [0.2, 0.25) is 10.0 Å². The Labute approximate surface area is 192 Å². The summed E-state index contributed by atoms with van der Waals surface area (Å²) in [7, 11) is -2.82. The largest absolute Gasteiger partial charge is 0.497 e. The first-order valence-corrected chi connectivity index (χ1v) is 11.8. The first-order chi connectivity index (χ1) is 15.8. The summed E-state index contributed by atoms with van der Waals surface area (Å²) in [4.78, 5) is 21.9. The van der Waals surface area contributed by atoms with Crippen molar-refractivity contribution in [2.24, 2.45) is 0 Å². The number of rotatable bonds is 11. The highest BCUT2D eigenvalue weighted by molar-refractivity contribution is 7.89. The van der Waals surface area contributed by atoms with Crippen LogP contribution >= 0.6 is 0 Å². The molecular weight excluding hydrogens is 446 g/mol. The molecule has 0 fully saturated rings. The van der Waals surface area contributed by atoms with Gasteiger partial charge in [0, 0.05) is 6.07 Å². The van der Waals surface area contributed by atoms with E-state index in [0.717, 1.165) is 16.3 Å². The van der Waals surface area contributed by atoms with Gasteiger partial charge in [-0.1, -0.05) is 43.3 Å². The Balaban J connectivity index is 1.98. The highest BCUT2D eigenvalue weighted by Gasteiger charge is 2.27. The molecule has 0 aliphatic carbocycles. The van der Waals surface area contributed by atoms with Crippen LogP contribution in [0.4, 0.5) is 0 Å². The Hall–Kier alpha value is -3.43. The van der Waals surface area contributed by atoms with E-state index in [1.165, 1.54) is 25.3 Å². The van der Waals surface area contributed by atoms with Crippen LogP contribution in [0.1, 0.15) is 31.4 Å². The van der Waals surface area contributed by atoms with Crippen molar-refractivity contribution >= 4 is 33.1 Å². The lowest BCUT2D eigenvalue weighted by Gasteiger charge is -2.22. The maximum absolute atomic E-state index is 13.0. The van der Waals surface area contributed by atoms with Crippen LogP contribution in [0.15, 0.2) is 65.6 Å². The third-order valence-corrected chi connectivity index (χ3v) is 6.62. The van der Waals surface area contributed by atoms with E-state index in [4.69, 9.17) is 14.6 Å². The van der Waals surface area contributed by atoms with Crippen LogP contribution < -0.4 is 14.2 Å². The average Bonchev–Trinajstić information content (AvgIpc) is 2.81. The number of ether oxygens (including phenoxy) is 2. The second-order valence-electron chi connectivity index (χ2n) is 7.40. The van der Waals surface area contributed by atoms with Gasteiger partial charge >= 0.3 is 5.97 Å². The first kappa shape index (κ1) is 24.2. The van der Waals surface area contributed by atoms with Crippen molar-refractivity contribution in [1.82, 2.24) is 4.72 Å². The Morgan fingerprint density at radius 3 is 2.45 bits per heavy atom. The number of nitrogens with one attached hydrogen (secondary N) is 1. The van der Waals surface area contributed by atoms with Crippen LogP contribution in [-0.2, 0) is 19.6 Å². The summed E-state index contributed by atoms with van der Waals surface area (Å²) >= 11 is 0. The summed E-state index contributed by atoms with van der Waals surface area (Å²) in [5.41, 5.74) is 0.868. The average molecular weight is 472 g/mol. The molecule has 9 heteroatoms. The lowest BCUT2D eigenvalue weighted by molar-refractivity contribution is -0.138. The van der Waals surface area contributed by atoms with Crippen molar-refractivity contribution in [2.75, 3.05) is 7.11 Å². The maximum Gasteiger partial charge on any atom is 0.305 e. The number of carboxylic acid groups (broad SMARTS) is 1. The van der Waals surface area contributed by atoms with Gasteiger partial charge in [-0.2, -0.15) is 0 Å². The minimum absolute atomic E-state index is 0.0295. The fourth-order valence-corrected chi connectivity index (χ4v) is 4.73. The molecule has 174 valence electrons. The van der Waals surface area contributed by atoms with Crippen molar-refractivity contribution in [1.29, 1.82) is 0 Å². The van der Waals surface area contributed by atoms with Gasteiger partial charge in [-0.3, -0.25) is 4.79 Å². The van der Waals surface area contributed by atoms with Crippen LogP contribution in [-0.4, -0.2) is 38.9 Å². The third-order valence-electron chi connectivity index (χ3n) is 5.09. The molecule has 0 spiro atoms. The molecule has 3 rings (SSSR count). The molecule has 0 aromatic heterocycles. The van der Waals surface area contributed by atoms with Crippen molar-refractivity contribution in [2.45, 2.75) is 36.8 Å². The normalized spacial score (nSPS) is 13.3. The highest BCUT2D eigenvalue weighted by Crippen LogP contribution is 2.34. The molecule has 0 saturated carbocycles. The summed E-state index contributed by atoms with van der Waals surface area (Å²) in [6.45, 7) is 1.92. The number of methoxy groups -OCH3 is 1. The van der Waals surface area contributed by atoms with E-state index in [1.54, 1.807) is 0 Å². The molecule has 0 amide bonds. The smallest absolute Gasteiger partial charge is 0.305 e. The Morgan fingerprint density at radius 1 is 1.09 bits per heavy atom. The van der Waals surface area contributed by atoms with E-state index in [2.05, 4.69) is 4.72 Å².